The molecular formula is C34H46N6O3. The Bertz CT molecular complexity index is 1470. The lowest BCUT2D eigenvalue weighted by Gasteiger charge is -2.58. The van der Waals surface area contributed by atoms with Gasteiger partial charge in [-0.05, 0) is 113 Å². The molecular weight excluding hydrogens is 540 g/mol. The number of rotatable bonds is 8. The van der Waals surface area contributed by atoms with Crippen LogP contribution in [-0.2, 0) is 9.59 Å². The van der Waals surface area contributed by atoms with Gasteiger partial charge in [-0.15, -0.1) is 0 Å². The molecule has 2 amide bonds. The molecule has 4 saturated carbocycles. The maximum atomic E-state index is 13.8. The second kappa shape index (κ2) is 10.7. The Morgan fingerprint density at radius 3 is 2.26 bits per heavy atom. The molecule has 3 unspecified atom stereocenters. The molecule has 9 nitrogen and oxygen atoms in total. The second-order valence-corrected chi connectivity index (χ2v) is 15.0. The molecule has 1 aromatic carbocycles. The van der Waals surface area contributed by atoms with Crippen LogP contribution < -0.4 is 16.2 Å². The summed E-state index contributed by atoms with van der Waals surface area (Å²) in [6.45, 7) is 7.09. The van der Waals surface area contributed by atoms with Crippen molar-refractivity contribution in [2.45, 2.75) is 95.7 Å². The van der Waals surface area contributed by atoms with Crippen LogP contribution >= 0.6 is 0 Å². The largest absolute Gasteiger partial charge is 0.383 e. The number of fused-ring (bicyclic) bond motifs is 4. The van der Waals surface area contributed by atoms with E-state index in [4.69, 9.17) is 0 Å². The number of anilines is 1. The molecule has 230 valence electrons. The molecule has 3 atom stereocenters. The number of hydrogen-bond acceptors (Lipinski definition) is 7. The van der Waals surface area contributed by atoms with Crippen LogP contribution in [0.5, 0.6) is 0 Å². The van der Waals surface area contributed by atoms with Crippen molar-refractivity contribution in [1.29, 1.82) is 0 Å². The summed E-state index contributed by atoms with van der Waals surface area (Å²) in [5.74, 6) is 2.87. The van der Waals surface area contributed by atoms with Gasteiger partial charge in [-0.1, -0.05) is 6.07 Å². The molecule has 1 aromatic heterocycles. The van der Waals surface area contributed by atoms with Crippen molar-refractivity contribution in [1.82, 2.24) is 24.7 Å². The molecule has 4 saturated heterocycles. The van der Waals surface area contributed by atoms with E-state index in [1.165, 1.54) is 75.4 Å². The number of piperazine rings is 1. The number of nitrogens with zero attached hydrogens (tertiary/aromatic N) is 4. The Morgan fingerprint density at radius 1 is 0.930 bits per heavy atom. The van der Waals surface area contributed by atoms with Crippen LogP contribution in [0.1, 0.15) is 82.5 Å². The van der Waals surface area contributed by atoms with Crippen molar-refractivity contribution in [3.8, 4) is 0 Å². The van der Waals surface area contributed by atoms with Gasteiger partial charge in [-0.2, -0.15) is 0 Å². The van der Waals surface area contributed by atoms with E-state index >= 15 is 0 Å². The fraction of sp³-hybridized carbons (Fsp3) is 0.706. The number of benzene rings is 1. The molecule has 2 N–H and O–H groups in total. The van der Waals surface area contributed by atoms with Gasteiger partial charge in [0.15, 0.2) is 0 Å². The van der Waals surface area contributed by atoms with Crippen molar-refractivity contribution in [2.24, 2.45) is 23.2 Å². The lowest BCUT2D eigenvalue weighted by molar-refractivity contribution is -0.135. The van der Waals surface area contributed by atoms with Gasteiger partial charge in [0.25, 0.3) is 5.56 Å². The Hall–Kier alpha value is -2.78. The molecule has 4 aliphatic heterocycles. The van der Waals surface area contributed by atoms with E-state index in [1.54, 1.807) is 6.92 Å². The highest BCUT2D eigenvalue weighted by Crippen LogP contribution is 2.61. The SMILES string of the molecule is Cc1nc2cccc(NCCN3CC4CCC3CN4CCC34CC5CC(CC(C5)C3)C4)c2c(=O)n1C1CCC(=O)NC1=O. The first-order valence-electron chi connectivity index (χ1n) is 16.9. The van der Waals surface area contributed by atoms with E-state index in [1.807, 2.05) is 18.2 Å². The number of aryl methyl sites for hydroxylation is 1. The maximum absolute atomic E-state index is 13.8. The molecule has 43 heavy (non-hydrogen) atoms. The van der Waals surface area contributed by atoms with Crippen LogP contribution in [0.25, 0.3) is 10.9 Å². The van der Waals surface area contributed by atoms with E-state index < -0.39 is 11.9 Å². The summed E-state index contributed by atoms with van der Waals surface area (Å²) in [5.41, 5.74) is 1.82. The van der Waals surface area contributed by atoms with Crippen LogP contribution in [0.2, 0.25) is 0 Å². The maximum Gasteiger partial charge on any atom is 0.264 e. The molecule has 8 fully saturated rings. The molecule has 9 heteroatoms. The summed E-state index contributed by atoms with van der Waals surface area (Å²) in [4.78, 5) is 48.3. The Kier molecular flexibility index (Phi) is 6.90. The predicted octanol–water partition coefficient (Wildman–Crippen LogP) is 3.85. The van der Waals surface area contributed by atoms with Gasteiger partial charge in [0.1, 0.15) is 11.9 Å². The van der Waals surface area contributed by atoms with Crippen molar-refractivity contribution in [3.63, 3.8) is 0 Å². The van der Waals surface area contributed by atoms with Crippen molar-refractivity contribution >= 4 is 28.4 Å². The predicted molar refractivity (Wildman–Crippen MR) is 166 cm³/mol. The quantitative estimate of drug-likeness (QED) is 0.454. The fourth-order valence-corrected chi connectivity index (χ4v) is 10.7. The Balaban J connectivity index is 0.908. The monoisotopic (exact) mass is 586 g/mol. The number of carbonyl (C=O) groups excluding carboxylic acids is 2. The number of piperidine rings is 3. The van der Waals surface area contributed by atoms with Gasteiger partial charge < -0.3 is 5.32 Å². The van der Waals surface area contributed by atoms with Crippen molar-refractivity contribution in [3.05, 3.63) is 34.4 Å². The van der Waals surface area contributed by atoms with Crippen molar-refractivity contribution < 1.29 is 9.59 Å². The number of carbonyl (C=O) groups is 2. The summed E-state index contributed by atoms with van der Waals surface area (Å²) < 4.78 is 1.47. The van der Waals surface area contributed by atoms with Gasteiger partial charge in [0.05, 0.1) is 10.9 Å². The summed E-state index contributed by atoms with van der Waals surface area (Å²) in [5, 5.41) is 6.44. The van der Waals surface area contributed by atoms with Crippen LogP contribution in [0, 0.1) is 30.1 Å². The van der Waals surface area contributed by atoms with E-state index in [0.717, 1.165) is 43.1 Å². The number of hydrogen-bond donors (Lipinski definition) is 2. The number of aromatic nitrogens is 2. The number of nitrogens with one attached hydrogen (secondary N) is 2. The van der Waals surface area contributed by atoms with E-state index in [-0.39, 0.29) is 17.9 Å². The smallest absolute Gasteiger partial charge is 0.264 e. The zero-order chi connectivity index (χ0) is 29.3. The average Bonchev–Trinajstić information content (AvgIpc) is 2.97. The van der Waals surface area contributed by atoms with Gasteiger partial charge in [-0.3, -0.25) is 34.1 Å². The van der Waals surface area contributed by atoms with Gasteiger partial charge in [-0.25, -0.2) is 4.98 Å². The van der Waals surface area contributed by atoms with Crippen LogP contribution in [0.15, 0.2) is 23.0 Å². The molecule has 10 rings (SSSR count). The first-order valence-corrected chi connectivity index (χ1v) is 16.9. The third kappa shape index (κ3) is 5.00. The molecule has 0 spiro atoms. The topological polar surface area (TPSA) is 99.6 Å². The van der Waals surface area contributed by atoms with E-state index in [0.29, 0.717) is 40.6 Å². The number of amides is 2. The third-order valence-electron chi connectivity index (χ3n) is 12.2. The first-order chi connectivity index (χ1) is 20.8. The molecule has 6 bridgehead atoms. The minimum atomic E-state index is -0.718. The summed E-state index contributed by atoms with van der Waals surface area (Å²) in [7, 11) is 0. The normalized spacial score (nSPS) is 35.6. The summed E-state index contributed by atoms with van der Waals surface area (Å²) in [6.07, 6.45) is 13.7. The molecule has 2 aromatic rings. The zero-order valence-electron chi connectivity index (χ0n) is 25.5. The molecule has 4 aliphatic carbocycles. The Morgan fingerprint density at radius 2 is 1.60 bits per heavy atom. The van der Waals surface area contributed by atoms with Gasteiger partial charge in [0, 0.05) is 50.4 Å². The van der Waals surface area contributed by atoms with E-state index in [2.05, 4.69) is 25.4 Å². The fourth-order valence-electron chi connectivity index (χ4n) is 10.7. The second-order valence-electron chi connectivity index (χ2n) is 15.0. The van der Waals surface area contributed by atoms with E-state index in [9.17, 15) is 14.4 Å². The lowest BCUT2D eigenvalue weighted by atomic mass is 9.49. The highest BCUT2D eigenvalue weighted by atomic mass is 16.2. The Labute approximate surface area is 253 Å². The first kappa shape index (κ1) is 27.7. The zero-order valence-corrected chi connectivity index (χ0v) is 25.5. The average molecular weight is 587 g/mol. The van der Waals surface area contributed by atoms with Crippen LogP contribution in [0.4, 0.5) is 5.69 Å². The highest BCUT2D eigenvalue weighted by Gasteiger charge is 2.51. The highest BCUT2D eigenvalue weighted by molar-refractivity contribution is 5.99. The standard InChI is InChI=1S/C34H46N6O3/c1-21-36-28-4-2-3-27(31(28)33(43)40(21)29-7-8-30(41)37-32(29)42)35-10-12-39-20-25-5-6-26(39)19-38(25)11-9-34-16-22-13-23(17-34)15-24(14-22)18-34/h2-4,22-26,29,35H,5-20H2,1H3,(H,37,41,42). The molecule has 5 heterocycles. The number of imide groups is 1. The summed E-state index contributed by atoms with van der Waals surface area (Å²) >= 11 is 0. The van der Waals surface area contributed by atoms with Crippen LogP contribution in [0.3, 0.4) is 0 Å². The minimum absolute atomic E-state index is 0.220. The molecule has 8 aliphatic rings. The minimum Gasteiger partial charge on any atom is -0.383 e. The van der Waals surface area contributed by atoms with Gasteiger partial charge >= 0.3 is 0 Å². The van der Waals surface area contributed by atoms with Crippen LogP contribution in [-0.4, -0.2) is 76.0 Å². The van der Waals surface area contributed by atoms with Gasteiger partial charge in [0.2, 0.25) is 11.8 Å². The third-order valence-corrected chi connectivity index (χ3v) is 12.2. The van der Waals surface area contributed by atoms with Crippen molar-refractivity contribution in [2.75, 3.05) is 38.0 Å². The summed E-state index contributed by atoms with van der Waals surface area (Å²) in [6, 6.07) is 6.28. The molecule has 0 radical (unpaired) electrons. The lowest BCUT2D eigenvalue weighted by Crippen LogP contribution is -2.63.